The second-order valence-corrected chi connectivity index (χ2v) is 4.66. The molecule has 0 saturated carbocycles. The molecule has 0 atom stereocenters. The Labute approximate surface area is 107 Å². The van der Waals surface area contributed by atoms with Crippen LogP contribution in [0.3, 0.4) is 0 Å². The first-order valence-electron chi connectivity index (χ1n) is 5.09. The van der Waals surface area contributed by atoms with Crippen molar-refractivity contribution < 1.29 is 0 Å². The van der Waals surface area contributed by atoms with Crippen molar-refractivity contribution in [2.75, 3.05) is 0 Å². The zero-order chi connectivity index (χ0) is 12.3. The van der Waals surface area contributed by atoms with E-state index in [-0.39, 0.29) is 5.69 Å². The third kappa shape index (κ3) is 2.89. The maximum absolute atomic E-state index is 11.3. The Hall–Kier alpha value is -1.27. The van der Waals surface area contributed by atoms with Gasteiger partial charge in [-0.1, -0.05) is 29.4 Å². The van der Waals surface area contributed by atoms with Crippen molar-refractivity contribution >= 4 is 23.4 Å². The second-order valence-electron chi connectivity index (χ2n) is 3.33. The molecule has 5 nitrogen and oxygen atoms in total. The number of pyridine rings is 1. The van der Waals surface area contributed by atoms with Gasteiger partial charge in [0.25, 0.3) is 0 Å². The highest BCUT2D eigenvalue weighted by Crippen LogP contribution is 2.19. The summed E-state index contributed by atoms with van der Waals surface area (Å²) in [5, 5.41) is 7.56. The number of hydrogen-bond acceptors (Lipinski definition) is 4. The van der Waals surface area contributed by atoms with E-state index in [1.165, 1.54) is 11.8 Å². The largest absolute Gasteiger partial charge is 0.343 e. The van der Waals surface area contributed by atoms with Crippen LogP contribution >= 0.6 is 23.4 Å². The van der Waals surface area contributed by atoms with Gasteiger partial charge in [-0.25, -0.2) is 14.9 Å². The molecule has 2 aromatic heterocycles. The number of thioether (sulfide) groups is 1. The lowest BCUT2D eigenvalue weighted by atomic mass is 10.3. The molecule has 1 N–H and O–H groups in total. The maximum atomic E-state index is 11.3. The van der Waals surface area contributed by atoms with Gasteiger partial charge in [-0.3, -0.25) is 4.57 Å². The fourth-order valence-corrected chi connectivity index (χ4v) is 2.39. The number of nitrogens with zero attached hydrogens (tertiary/aromatic N) is 3. The molecule has 2 heterocycles. The van der Waals surface area contributed by atoms with Crippen LogP contribution in [0.1, 0.15) is 12.5 Å². The molecule has 0 spiro atoms. The van der Waals surface area contributed by atoms with Crippen LogP contribution in [-0.2, 0) is 12.3 Å². The molecule has 0 aliphatic carbocycles. The maximum Gasteiger partial charge on any atom is 0.343 e. The molecule has 0 saturated heterocycles. The van der Waals surface area contributed by atoms with E-state index in [1.54, 1.807) is 16.8 Å². The highest BCUT2D eigenvalue weighted by atomic mass is 35.5. The van der Waals surface area contributed by atoms with E-state index < -0.39 is 0 Å². The van der Waals surface area contributed by atoms with Crippen LogP contribution in [0.25, 0.3) is 0 Å². The molecule has 0 bridgehead atoms. The topological polar surface area (TPSA) is 63.6 Å². The van der Waals surface area contributed by atoms with Gasteiger partial charge in [0.15, 0.2) is 5.16 Å². The Kier molecular flexibility index (Phi) is 3.86. The average molecular weight is 271 g/mol. The van der Waals surface area contributed by atoms with E-state index in [1.807, 2.05) is 13.0 Å². The summed E-state index contributed by atoms with van der Waals surface area (Å²) in [6.07, 6.45) is 1.72. The van der Waals surface area contributed by atoms with Crippen LogP contribution in [0, 0.1) is 0 Å². The van der Waals surface area contributed by atoms with E-state index in [9.17, 15) is 4.79 Å². The van der Waals surface area contributed by atoms with Gasteiger partial charge in [0.1, 0.15) is 5.15 Å². The van der Waals surface area contributed by atoms with Gasteiger partial charge >= 0.3 is 5.69 Å². The first kappa shape index (κ1) is 12.2. The van der Waals surface area contributed by atoms with Crippen LogP contribution in [0.2, 0.25) is 5.15 Å². The van der Waals surface area contributed by atoms with Crippen LogP contribution in [0.5, 0.6) is 0 Å². The molecule has 0 unspecified atom stereocenters. The van der Waals surface area contributed by atoms with Crippen molar-refractivity contribution in [3.8, 4) is 0 Å². The van der Waals surface area contributed by atoms with Crippen LogP contribution < -0.4 is 5.69 Å². The summed E-state index contributed by atoms with van der Waals surface area (Å²) in [7, 11) is 0. The zero-order valence-electron chi connectivity index (χ0n) is 9.18. The number of aromatic amines is 1. The average Bonchev–Trinajstić information content (AvgIpc) is 2.69. The Bertz CT molecular complexity index is 548. The quantitative estimate of drug-likeness (QED) is 0.681. The lowest BCUT2D eigenvalue weighted by Gasteiger charge is -2.02. The molecule has 7 heteroatoms. The number of nitrogens with one attached hydrogen (secondary N) is 1. The fourth-order valence-electron chi connectivity index (χ4n) is 1.33. The summed E-state index contributed by atoms with van der Waals surface area (Å²) in [6.45, 7) is 2.52. The minimum absolute atomic E-state index is 0.177. The minimum Gasteiger partial charge on any atom is -0.270 e. The summed E-state index contributed by atoms with van der Waals surface area (Å²) in [4.78, 5) is 15.3. The minimum atomic E-state index is -0.177. The Morgan fingerprint density at radius 1 is 1.53 bits per heavy atom. The molecule has 0 aliphatic rings. The normalized spacial score (nSPS) is 10.7. The number of aromatic nitrogens is 4. The molecule has 0 amide bonds. The number of halogens is 1. The SMILES string of the molecule is CCn1c(SCc2ccc(Cl)nc2)n[nH]c1=O. The molecule has 0 aliphatic heterocycles. The second kappa shape index (κ2) is 5.37. The van der Waals surface area contributed by atoms with Gasteiger partial charge in [-0.15, -0.1) is 5.10 Å². The standard InChI is InChI=1S/C10H11ClN4OS/c1-2-15-9(16)13-14-10(15)17-6-7-3-4-8(11)12-5-7/h3-5H,2,6H2,1H3,(H,13,16). The molecule has 17 heavy (non-hydrogen) atoms. The van der Waals surface area contributed by atoms with Gasteiger partial charge in [-0.05, 0) is 18.6 Å². The molecule has 0 aromatic carbocycles. The van der Waals surface area contributed by atoms with Crippen LogP contribution in [0.15, 0.2) is 28.3 Å². The summed E-state index contributed by atoms with van der Waals surface area (Å²) < 4.78 is 1.59. The summed E-state index contributed by atoms with van der Waals surface area (Å²) >= 11 is 7.19. The van der Waals surface area contributed by atoms with Gasteiger partial charge < -0.3 is 0 Å². The number of hydrogen-bond donors (Lipinski definition) is 1. The van der Waals surface area contributed by atoms with E-state index >= 15 is 0 Å². The molecule has 0 radical (unpaired) electrons. The molecular formula is C10H11ClN4OS. The molecule has 90 valence electrons. The third-order valence-corrected chi connectivity index (χ3v) is 3.47. The lowest BCUT2D eigenvalue weighted by molar-refractivity contribution is 0.660. The van der Waals surface area contributed by atoms with E-state index in [4.69, 9.17) is 11.6 Å². The van der Waals surface area contributed by atoms with Crippen molar-refractivity contribution in [1.82, 2.24) is 19.7 Å². The Morgan fingerprint density at radius 2 is 2.35 bits per heavy atom. The molecule has 2 rings (SSSR count). The number of H-pyrrole nitrogens is 1. The van der Waals surface area contributed by atoms with E-state index in [0.29, 0.717) is 22.6 Å². The lowest BCUT2D eigenvalue weighted by Crippen LogP contribution is -2.16. The highest BCUT2D eigenvalue weighted by molar-refractivity contribution is 7.98. The van der Waals surface area contributed by atoms with Crippen molar-refractivity contribution in [2.24, 2.45) is 0 Å². The Balaban J connectivity index is 2.07. The van der Waals surface area contributed by atoms with Crippen molar-refractivity contribution in [2.45, 2.75) is 24.4 Å². The van der Waals surface area contributed by atoms with Crippen molar-refractivity contribution in [3.63, 3.8) is 0 Å². The summed E-state index contributed by atoms with van der Waals surface area (Å²) in [5.41, 5.74) is 0.863. The zero-order valence-corrected chi connectivity index (χ0v) is 10.8. The Morgan fingerprint density at radius 3 is 3.00 bits per heavy atom. The number of rotatable bonds is 4. The van der Waals surface area contributed by atoms with E-state index in [2.05, 4.69) is 15.2 Å². The molecule has 0 fully saturated rings. The summed E-state index contributed by atoms with van der Waals surface area (Å²) in [5.74, 6) is 0.703. The predicted molar refractivity (Wildman–Crippen MR) is 67.3 cm³/mol. The van der Waals surface area contributed by atoms with E-state index in [0.717, 1.165) is 5.56 Å². The predicted octanol–water partition coefficient (Wildman–Crippen LogP) is 1.93. The third-order valence-electron chi connectivity index (χ3n) is 2.20. The van der Waals surface area contributed by atoms with Gasteiger partial charge in [0.2, 0.25) is 0 Å². The highest BCUT2D eigenvalue weighted by Gasteiger charge is 2.07. The smallest absolute Gasteiger partial charge is 0.270 e. The fraction of sp³-hybridized carbons (Fsp3) is 0.300. The van der Waals surface area contributed by atoms with Gasteiger partial charge in [0, 0.05) is 18.5 Å². The van der Waals surface area contributed by atoms with Gasteiger partial charge in [0.05, 0.1) is 0 Å². The van der Waals surface area contributed by atoms with Gasteiger partial charge in [-0.2, -0.15) is 0 Å². The first-order chi connectivity index (χ1) is 8.20. The first-order valence-corrected chi connectivity index (χ1v) is 6.45. The monoisotopic (exact) mass is 270 g/mol. The van der Waals surface area contributed by atoms with Crippen molar-refractivity contribution in [3.05, 3.63) is 39.5 Å². The van der Waals surface area contributed by atoms with Crippen LogP contribution in [0.4, 0.5) is 0 Å². The molecule has 2 aromatic rings. The van der Waals surface area contributed by atoms with Crippen molar-refractivity contribution in [1.29, 1.82) is 0 Å². The summed E-state index contributed by atoms with van der Waals surface area (Å²) in [6, 6.07) is 3.65. The molecular weight excluding hydrogens is 260 g/mol. The van der Waals surface area contributed by atoms with Crippen LogP contribution in [-0.4, -0.2) is 19.7 Å².